The molecule has 3 atom stereocenters. The molecule has 0 aromatic carbocycles. The standard InChI is InChI=1S/C13H23N3O/c1-8(2)6-11(14)13-15-12(16-17-13)10-5-4-9(3)7-10/h8-11H,4-7,14H2,1-3H3. The number of aromatic nitrogens is 2. The van der Waals surface area contributed by atoms with Crippen molar-refractivity contribution in [3.63, 3.8) is 0 Å². The molecule has 0 amide bonds. The molecule has 0 radical (unpaired) electrons. The zero-order chi connectivity index (χ0) is 12.4. The Hall–Kier alpha value is -0.900. The Balaban J connectivity index is 2.00. The van der Waals surface area contributed by atoms with Crippen LogP contribution in [0.4, 0.5) is 0 Å². The summed E-state index contributed by atoms with van der Waals surface area (Å²) in [5.74, 6) is 3.28. The molecule has 1 aromatic heterocycles. The van der Waals surface area contributed by atoms with Gasteiger partial charge in [-0.2, -0.15) is 4.98 Å². The molecule has 1 fully saturated rings. The molecule has 0 spiro atoms. The molecule has 1 aliphatic rings. The third kappa shape index (κ3) is 3.06. The highest BCUT2D eigenvalue weighted by Gasteiger charge is 2.27. The minimum Gasteiger partial charge on any atom is -0.338 e. The van der Waals surface area contributed by atoms with E-state index in [1.54, 1.807) is 0 Å². The molecule has 2 N–H and O–H groups in total. The van der Waals surface area contributed by atoms with Crippen molar-refractivity contribution in [2.75, 3.05) is 0 Å². The lowest BCUT2D eigenvalue weighted by molar-refractivity contribution is 0.330. The minimum absolute atomic E-state index is 0.116. The zero-order valence-electron chi connectivity index (χ0n) is 11.0. The summed E-state index contributed by atoms with van der Waals surface area (Å²) in [4.78, 5) is 4.48. The second-order valence-corrected chi connectivity index (χ2v) is 5.84. The van der Waals surface area contributed by atoms with Gasteiger partial charge in [0.15, 0.2) is 5.82 Å². The Morgan fingerprint density at radius 3 is 2.76 bits per heavy atom. The van der Waals surface area contributed by atoms with Crippen LogP contribution in [0.3, 0.4) is 0 Å². The van der Waals surface area contributed by atoms with Crippen molar-refractivity contribution in [3.8, 4) is 0 Å². The normalized spacial score (nSPS) is 26.6. The van der Waals surface area contributed by atoms with Crippen LogP contribution in [0.5, 0.6) is 0 Å². The summed E-state index contributed by atoms with van der Waals surface area (Å²) in [5.41, 5.74) is 6.04. The number of hydrogen-bond acceptors (Lipinski definition) is 4. The van der Waals surface area contributed by atoms with Crippen LogP contribution in [-0.4, -0.2) is 10.1 Å². The molecular formula is C13H23N3O. The molecule has 1 aromatic rings. The van der Waals surface area contributed by atoms with Gasteiger partial charge in [0.1, 0.15) is 0 Å². The number of nitrogens with zero attached hydrogens (tertiary/aromatic N) is 2. The Morgan fingerprint density at radius 1 is 1.41 bits per heavy atom. The third-order valence-electron chi connectivity index (χ3n) is 3.56. The minimum atomic E-state index is -0.116. The zero-order valence-corrected chi connectivity index (χ0v) is 11.0. The molecule has 0 bridgehead atoms. The fourth-order valence-corrected chi connectivity index (χ4v) is 2.61. The molecule has 1 heterocycles. The quantitative estimate of drug-likeness (QED) is 0.874. The van der Waals surface area contributed by atoms with E-state index in [0.717, 1.165) is 18.2 Å². The maximum atomic E-state index is 6.04. The van der Waals surface area contributed by atoms with Gasteiger partial charge in [-0.1, -0.05) is 25.9 Å². The first kappa shape index (κ1) is 12.6. The summed E-state index contributed by atoms with van der Waals surface area (Å²) >= 11 is 0. The van der Waals surface area contributed by atoms with Gasteiger partial charge in [-0.05, 0) is 37.5 Å². The lowest BCUT2D eigenvalue weighted by atomic mass is 10.0. The van der Waals surface area contributed by atoms with E-state index in [0.29, 0.717) is 17.7 Å². The first-order chi connectivity index (χ1) is 8.06. The van der Waals surface area contributed by atoms with E-state index in [1.807, 2.05) is 0 Å². The first-order valence-corrected chi connectivity index (χ1v) is 6.65. The summed E-state index contributed by atoms with van der Waals surface area (Å²) in [6.07, 6.45) is 4.52. The van der Waals surface area contributed by atoms with Crippen LogP contribution < -0.4 is 5.73 Å². The van der Waals surface area contributed by atoms with Crippen LogP contribution >= 0.6 is 0 Å². The van der Waals surface area contributed by atoms with Gasteiger partial charge in [-0.3, -0.25) is 0 Å². The van der Waals surface area contributed by atoms with Crippen molar-refractivity contribution in [1.29, 1.82) is 0 Å². The molecule has 1 aliphatic carbocycles. The van der Waals surface area contributed by atoms with Crippen molar-refractivity contribution in [1.82, 2.24) is 10.1 Å². The average Bonchev–Trinajstić information content (AvgIpc) is 2.84. The molecule has 4 heteroatoms. The Bertz CT molecular complexity index is 361. The van der Waals surface area contributed by atoms with Gasteiger partial charge < -0.3 is 10.3 Å². The molecular weight excluding hydrogens is 214 g/mol. The van der Waals surface area contributed by atoms with Crippen molar-refractivity contribution < 1.29 is 4.52 Å². The van der Waals surface area contributed by atoms with Crippen LogP contribution in [0.15, 0.2) is 4.52 Å². The van der Waals surface area contributed by atoms with Crippen molar-refractivity contribution in [3.05, 3.63) is 11.7 Å². The smallest absolute Gasteiger partial charge is 0.243 e. The number of hydrogen-bond donors (Lipinski definition) is 1. The van der Waals surface area contributed by atoms with E-state index in [-0.39, 0.29) is 6.04 Å². The molecule has 17 heavy (non-hydrogen) atoms. The van der Waals surface area contributed by atoms with E-state index in [4.69, 9.17) is 10.3 Å². The van der Waals surface area contributed by atoms with Gasteiger partial charge in [0.05, 0.1) is 6.04 Å². The molecule has 0 aliphatic heterocycles. The lowest BCUT2D eigenvalue weighted by Crippen LogP contribution is -2.13. The Morgan fingerprint density at radius 2 is 2.18 bits per heavy atom. The molecule has 1 saturated carbocycles. The molecule has 2 rings (SSSR count). The van der Waals surface area contributed by atoms with Crippen LogP contribution in [0.1, 0.15) is 70.1 Å². The monoisotopic (exact) mass is 237 g/mol. The summed E-state index contributed by atoms with van der Waals surface area (Å²) in [6, 6.07) is -0.116. The average molecular weight is 237 g/mol. The Kier molecular flexibility index (Phi) is 3.82. The molecule has 96 valence electrons. The van der Waals surface area contributed by atoms with E-state index in [1.165, 1.54) is 19.3 Å². The summed E-state index contributed by atoms with van der Waals surface area (Å²) in [6.45, 7) is 6.58. The summed E-state index contributed by atoms with van der Waals surface area (Å²) in [7, 11) is 0. The van der Waals surface area contributed by atoms with Crippen molar-refractivity contribution in [2.45, 2.75) is 58.4 Å². The highest BCUT2D eigenvalue weighted by molar-refractivity contribution is 5.01. The summed E-state index contributed by atoms with van der Waals surface area (Å²) in [5, 5.41) is 4.09. The number of rotatable bonds is 4. The second-order valence-electron chi connectivity index (χ2n) is 5.84. The van der Waals surface area contributed by atoms with E-state index < -0.39 is 0 Å². The molecule has 4 nitrogen and oxygen atoms in total. The van der Waals surface area contributed by atoms with Gasteiger partial charge in [-0.25, -0.2) is 0 Å². The predicted molar refractivity (Wildman–Crippen MR) is 66.4 cm³/mol. The van der Waals surface area contributed by atoms with Gasteiger partial charge in [0.25, 0.3) is 0 Å². The van der Waals surface area contributed by atoms with E-state index >= 15 is 0 Å². The van der Waals surface area contributed by atoms with Crippen LogP contribution in [-0.2, 0) is 0 Å². The van der Waals surface area contributed by atoms with Crippen LogP contribution in [0.25, 0.3) is 0 Å². The van der Waals surface area contributed by atoms with Gasteiger partial charge in [0, 0.05) is 5.92 Å². The van der Waals surface area contributed by atoms with Crippen molar-refractivity contribution >= 4 is 0 Å². The van der Waals surface area contributed by atoms with Gasteiger partial charge >= 0.3 is 0 Å². The van der Waals surface area contributed by atoms with Crippen LogP contribution in [0.2, 0.25) is 0 Å². The lowest BCUT2D eigenvalue weighted by Gasteiger charge is -2.08. The SMILES string of the molecule is CC(C)CC(N)c1nc(C2CCC(C)C2)no1. The summed E-state index contributed by atoms with van der Waals surface area (Å²) < 4.78 is 5.29. The van der Waals surface area contributed by atoms with Crippen LogP contribution in [0, 0.1) is 11.8 Å². The molecule has 0 saturated heterocycles. The van der Waals surface area contributed by atoms with Crippen molar-refractivity contribution in [2.24, 2.45) is 17.6 Å². The first-order valence-electron chi connectivity index (χ1n) is 6.65. The highest BCUT2D eigenvalue weighted by atomic mass is 16.5. The molecule has 3 unspecified atom stereocenters. The van der Waals surface area contributed by atoms with E-state index in [2.05, 4.69) is 30.9 Å². The van der Waals surface area contributed by atoms with E-state index in [9.17, 15) is 0 Å². The highest BCUT2D eigenvalue weighted by Crippen LogP contribution is 2.36. The maximum Gasteiger partial charge on any atom is 0.243 e. The largest absolute Gasteiger partial charge is 0.338 e. The predicted octanol–water partition coefficient (Wildman–Crippen LogP) is 3.02. The fraction of sp³-hybridized carbons (Fsp3) is 0.846. The number of nitrogens with two attached hydrogens (primary N) is 1. The second kappa shape index (κ2) is 5.17. The topological polar surface area (TPSA) is 64.9 Å². The third-order valence-corrected chi connectivity index (χ3v) is 3.56. The van der Waals surface area contributed by atoms with Gasteiger partial charge in [0.2, 0.25) is 5.89 Å². The van der Waals surface area contributed by atoms with Gasteiger partial charge in [-0.15, -0.1) is 0 Å². The fourth-order valence-electron chi connectivity index (χ4n) is 2.61. The Labute approximate surface area is 103 Å². The maximum absolute atomic E-state index is 6.04.